The van der Waals surface area contributed by atoms with Crippen LogP contribution in [0.4, 0.5) is 5.69 Å². The van der Waals surface area contributed by atoms with Crippen molar-refractivity contribution in [2.75, 3.05) is 17.6 Å². The van der Waals surface area contributed by atoms with Crippen LogP contribution in [-0.2, 0) is 0 Å². The van der Waals surface area contributed by atoms with Crippen molar-refractivity contribution in [3.8, 4) is 0 Å². The maximum atomic E-state index is 12.2. The van der Waals surface area contributed by atoms with E-state index in [9.17, 15) is 4.79 Å². The molecule has 0 saturated heterocycles. The fourth-order valence-corrected chi connectivity index (χ4v) is 1.84. The van der Waals surface area contributed by atoms with Crippen LogP contribution in [0.25, 0.3) is 0 Å². The lowest BCUT2D eigenvalue weighted by Gasteiger charge is -2.06. The molecular weight excluding hydrogens is 242 g/mol. The van der Waals surface area contributed by atoms with Gasteiger partial charge in [0.05, 0.1) is 0 Å². The Hall–Kier alpha value is -1.74. The van der Waals surface area contributed by atoms with Crippen LogP contribution in [-0.4, -0.2) is 18.1 Å². The Morgan fingerprint density at radius 1 is 1.00 bits per heavy atom. The molecule has 2 aromatic rings. The van der Waals surface area contributed by atoms with Gasteiger partial charge < -0.3 is 5.32 Å². The maximum absolute atomic E-state index is 12.2. The first-order valence-electron chi connectivity index (χ1n) is 5.86. The minimum Gasteiger partial charge on any atom is -0.384 e. The number of hydrogen-bond donors (Lipinski definition) is 2. The highest BCUT2D eigenvalue weighted by Crippen LogP contribution is 2.14. The first kappa shape index (κ1) is 12.7. The summed E-state index contributed by atoms with van der Waals surface area (Å²) in [6.07, 6.45) is 0. The van der Waals surface area contributed by atoms with E-state index in [1.165, 1.54) is 0 Å². The predicted molar refractivity (Wildman–Crippen MR) is 78.7 cm³/mol. The zero-order valence-electron chi connectivity index (χ0n) is 9.97. The molecule has 92 valence electrons. The molecule has 2 rings (SSSR count). The number of ketones is 1. The molecule has 0 aliphatic carbocycles. The summed E-state index contributed by atoms with van der Waals surface area (Å²) in [4.78, 5) is 12.2. The number of anilines is 1. The van der Waals surface area contributed by atoms with Gasteiger partial charge in [0.1, 0.15) is 0 Å². The van der Waals surface area contributed by atoms with Crippen LogP contribution in [0.3, 0.4) is 0 Å². The molecule has 0 heterocycles. The minimum absolute atomic E-state index is 0.0464. The summed E-state index contributed by atoms with van der Waals surface area (Å²) in [6.45, 7) is 0.784. The van der Waals surface area contributed by atoms with E-state index in [4.69, 9.17) is 0 Å². The Kier molecular flexibility index (Phi) is 4.42. The van der Waals surface area contributed by atoms with Crippen molar-refractivity contribution in [1.82, 2.24) is 0 Å². The molecule has 0 aliphatic heterocycles. The van der Waals surface area contributed by atoms with Crippen molar-refractivity contribution in [3.05, 3.63) is 65.7 Å². The molecule has 0 saturated carbocycles. The van der Waals surface area contributed by atoms with Gasteiger partial charge in [-0.3, -0.25) is 4.79 Å². The van der Waals surface area contributed by atoms with Crippen molar-refractivity contribution in [3.63, 3.8) is 0 Å². The van der Waals surface area contributed by atoms with Gasteiger partial charge in [-0.1, -0.05) is 42.5 Å². The first-order valence-corrected chi connectivity index (χ1v) is 6.49. The fourth-order valence-electron chi connectivity index (χ4n) is 1.73. The molecule has 0 radical (unpaired) electrons. The molecule has 3 heteroatoms. The number of carbonyl (C=O) groups is 1. The second-order valence-corrected chi connectivity index (χ2v) is 4.37. The molecule has 0 bridgehead atoms. The number of benzene rings is 2. The molecule has 2 nitrogen and oxygen atoms in total. The molecule has 0 spiro atoms. The normalized spacial score (nSPS) is 10.1. The van der Waals surface area contributed by atoms with Crippen molar-refractivity contribution in [2.24, 2.45) is 0 Å². The van der Waals surface area contributed by atoms with Crippen LogP contribution >= 0.6 is 12.6 Å². The molecule has 0 amide bonds. The van der Waals surface area contributed by atoms with E-state index < -0.39 is 0 Å². The summed E-state index contributed by atoms with van der Waals surface area (Å²) in [7, 11) is 0. The molecule has 0 aromatic heterocycles. The van der Waals surface area contributed by atoms with Gasteiger partial charge in [0.2, 0.25) is 0 Å². The van der Waals surface area contributed by atoms with Crippen LogP contribution in [0.2, 0.25) is 0 Å². The van der Waals surface area contributed by atoms with Crippen LogP contribution in [0.15, 0.2) is 54.6 Å². The highest BCUT2D eigenvalue weighted by molar-refractivity contribution is 7.80. The summed E-state index contributed by atoms with van der Waals surface area (Å²) in [5.41, 5.74) is 2.36. The fraction of sp³-hybridized carbons (Fsp3) is 0.133. The predicted octanol–water partition coefficient (Wildman–Crippen LogP) is 3.26. The molecule has 0 aliphatic rings. The lowest BCUT2D eigenvalue weighted by atomic mass is 10.0. The Balaban J connectivity index is 2.20. The second-order valence-electron chi connectivity index (χ2n) is 3.93. The van der Waals surface area contributed by atoms with Gasteiger partial charge in [0.15, 0.2) is 5.78 Å². The maximum Gasteiger partial charge on any atom is 0.193 e. The molecule has 2 aromatic carbocycles. The lowest BCUT2D eigenvalue weighted by molar-refractivity contribution is 0.103. The molecule has 0 fully saturated rings. The number of hydrogen-bond acceptors (Lipinski definition) is 3. The van der Waals surface area contributed by atoms with E-state index in [1.54, 1.807) is 0 Å². The van der Waals surface area contributed by atoms with Gasteiger partial charge in [-0.25, -0.2) is 0 Å². The van der Waals surface area contributed by atoms with Gasteiger partial charge in [0.25, 0.3) is 0 Å². The topological polar surface area (TPSA) is 29.1 Å². The van der Waals surface area contributed by atoms with Gasteiger partial charge in [0, 0.05) is 29.1 Å². The van der Waals surface area contributed by atoms with Crippen molar-refractivity contribution in [2.45, 2.75) is 0 Å². The third kappa shape index (κ3) is 3.14. The summed E-state index contributed by atoms with van der Waals surface area (Å²) in [5, 5.41) is 3.21. The van der Waals surface area contributed by atoms with Gasteiger partial charge in [-0.15, -0.1) is 0 Å². The lowest BCUT2D eigenvalue weighted by Crippen LogP contribution is -2.05. The average Bonchev–Trinajstić information content (AvgIpc) is 2.45. The molecule has 0 atom stereocenters. The quantitative estimate of drug-likeness (QED) is 0.636. The first-order chi connectivity index (χ1) is 8.81. The number of carbonyl (C=O) groups excluding carboxylic acids is 1. The molecular formula is C15H15NOS. The van der Waals surface area contributed by atoms with E-state index >= 15 is 0 Å². The highest BCUT2D eigenvalue weighted by atomic mass is 32.1. The summed E-state index contributed by atoms with van der Waals surface area (Å²) in [5.74, 6) is 0.807. The van der Waals surface area contributed by atoms with E-state index in [0.29, 0.717) is 11.1 Å². The third-order valence-electron chi connectivity index (χ3n) is 2.60. The van der Waals surface area contributed by atoms with Crippen LogP contribution in [0.1, 0.15) is 15.9 Å². The van der Waals surface area contributed by atoms with E-state index in [0.717, 1.165) is 18.0 Å². The minimum atomic E-state index is 0.0464. The number of rotatable bonds is 5. The number of thiol groups is 1. The average molecular weight is 257 g/mol. The Morgan fingerprint density at radius 2 is 1.72 bits per heavy atom. The van der Waals surface area contributed by atoms with Gasteiger partial charge >= 0.3 is 0 Å². The Bertz CT molecular complexity index is 525. The molecule has 18 heavy (non-hydrogen) atoms. The Labute approximate surface area is 112 Å². The van der Waals surface area contributed by atoms with Crippen molar-refractivity contribution in [1.29, 1.82) is 0 Å². The van der Waals surface area contributed by atoms with Gasteiger partial charge in [-0.05, 0) is 12.1 Å². The van der Waals surface area contributed by atoms with Crippen molar-refractivity contribution < 1.29 is 4.79 Å². The van der Waals surface area contributed by atoms with Crippen molar-refractivity contribution >= 4 is 24.1 Å². The largest absolute Gasteiger partial charge is 0.384 e. The highest BCUT2D eigenvalue weighted by Gasteiger charge is 2.08. The van der Waals surface area contributed by atoms with Crippen LogP contribution in [0, 0.1) is 0 Å². The van der Waals surface area contributed by atoms with E-state index in [1.807, 2.05) is 54.6 Å². The zero-order chi connectivity index (χ0) is 12.8. The summed E-state index contributed by atoms with van der Waals surface area (Å²) >= 11 is 4.15. The van der Waals surface area contributed by atoms with Crippen LogP contribution < -0.4 is 5.32 Å². The van der Waals surface area contributed by atoms with E-state index in [-0.39, 0.29) is 5.78 Å². The monoisotopic (exact) mass is 257 g/mol. The molecule has 0 unspecified atom stereocenters. The summed E-state index contributed by atoms with van der Waals surface area (Å²) in [6, 6.07) is 16.8. The molecule has 1 N–H and O–H groups in total. The third-order valence-corrected chi connectivity index (χ3v) is 2.83. The van der Waals surface area contributed by atoms with E-state index in [2.05, 4.69) is 17.9 Å². The summed E-state index contributed by atoms with van der Waals surface area (Å²) < 4.78 is 0. The van der Waals surface area contributed by atoms with Gasteiger partial charge in [-0.2, -0.15) is 12.6 Å². The SMILES string of the molecule is O=C(c1ccccc1)c1cccc(NCCS)c1. The number of nitrogens with one attached hydrogen (secondary N) is 1. The Morgan fingerprint density at radius 3 is 2.44 bits per heavy atom. The zero-order valence-corrected chi connectivity index (χ0v) is 10.9. The second kappa shape index (κ2) is 6.26. The van der Waals surface area contributed by atoms with Crippen LogP contribution in [0.5, 0.6) is 0 Å². The standard InChI is InChI=1S/C15H15NOS/c17-15(12-5-2-1-3-6-12)13-7-4-8-14(11-13)16-9-10-18/h1-8,11,16,18H,9-10H2. The smallest absolute Gasteiger partial charge is 0.193 e.